The predicted molar refractivity (Wildman–Crippen MR) is 162 cm³/mol. The summed E-state index contributed by atoms with van der Waals surface area (Å²) in [5, 5.41) is 42.3. The zero-order valence-electron chi connectivity index (χ0n) is 25.3. The number of urea groups is 1. The van der Waals surface area contributed by atoms with Crippen LogP contribution in [0.5, 0.6) is 5.75 Å². The molecule has 0 radical (unpaired) electrons. The molecule has 0 unspecified atom stereocenters. The Morgan fingerprint density at radius 3 is 2.31 bits per heavy atom. The Morgan fingerprint density at radius 2 is 1.64 bits per heavy atom. The van der Waals surface area contributed by atoms with Crippen LogP contribution in [0, 0.1) is 6.92 Å². The molecule has 4 rings (SSSR count). The van der Waals surface area contributed by atoms with E-state index in [0.717, 1.165) is 22.3 Å². The lowest BCUT2D eigenvalue weighted by Crippen LogP contribution is -2.60. The van der Waals surface area contributed by atoms with Gasteiger partial charge in [0.1, 0.15) is 24.1 Å². The molecule has 0 bridgehead atoms. The minimum absolute atomic E-state index is 0.216. The number of carboxylic acid groups (broad SMARTS) is 1. The molecule has 3 aromatic rings. The van der Waals surface area contributed by atoms with Crippen LogP contribution in [0.4, 0.5) is 4.79 Å². The smallest absolute Gasteiger partial charge is 0.335 e. The largest absolute Gasteiger partial charge is 0.496 e. The Labute approximate surface area is 260 Å². The molecule has 12 nitrogen and oxygen atoms in total. The quantitative estimate of drug-likeness (QED) is 0.200. The number of rotatable bonds is 11. The van der Waals surface area contributed by atoms with Gasteiger partial charge in [-0.15, -0.1) is 0 Å². The molecule has 1 fully saturated rings. The summed E-state index contributed by atoms with van der Waals surface area (Å²) in [6.07, 6.45) is -9.63. The van der Waals surface area contributed by atoms with E-state index in [-0.39, 0.29) is 12.5 Å². The lowest BCUT2D eigenvalue weighted by atomic mass is 9.94. The molecule has 2 amide bonds. The van der Waals surface area contributed by atoms with E-state index in [4.69, 9.17) is 14.2 Å². The molecule has 3 aromatic carbocycles. The summed E-state index contributed by atoms with van der Waals surface area (Å²) in [6.45, 7) is 5.01. The number of ether oxygens (including phenoxy) is 3. The van der Waals surface area contributed by atoms with E-state index in [2.05, 4.69) is 5.32 Å². The first kappa shape index (κ1) is 33.4. The third kappa shape index (κ3) is 8.17. The number of benzene rings is 3. The molecule has 1 aliphatic rings. The monoisotopic (exact) mass is 622 g/mol. The molecule has 0 aromatic heterocycles. The van der Waals surface area contributed by atoms with Gasteiger partial charge in [-0.25, -0.2) is 9.59 Å². The Morgan fingerprint density at radius 1 is 0.911 bits per heavy atom. The maximum atomic E-state index is 13.1. The molecule has 1 saturated heterocycles. The number of carbonyl (C=O) groups is 3. The highest BCUT2D eigenvalue weighted by Crippen LogP contribution is 2.35. The van der Waals surface area contributed by atoms with Crippen molar-refractivity contribution in [1.29, 1.82) is 0 Å². The maximum Gasteiger partial charge on any atom is 0.335 e. The molecule has 0 saturated carbocycles. The fourth-order valence-electron chi connectivity index (χ4n) is 5.10. The number of aliphatic hydroxyl groups is 3. The number of hydrogen-bond acceptors (Lipinski definition) is 9. The Balaban J connectivity index is 1.53. The van der Waals surface area contributed by atoms with Crippen LogP contribution in [0.3, 0.4) is 0 Å². The van der Waals surface area contributed by atoms with Crippen LogP contribution in [0.15, 0.2) is 66.7 Å². The number of nitrogens with zero attached hydrogens (tertiary/aromatic N) is 1. The van der Waals surface area contributed by atoms with Crippen LogP contribution in [0.2, 0.25) is 0 Å². The standard InChI is InChI=1S/C33H38N2O10/c1-4-35(33(42)34-17-20-8-6-5-7-9-20)18-22-14-19(2)10-12-23(22)24-15-21(11-13-25(24)43-3)16-26(36)44-32-29(39)27(37)28(38)30(45-32)31(40)41/h5-15,27-30,32,37-39H,4,16-18H2,1-3H3,(H,34,42)(H,40,41)/t27-,28-,29+,30-,32+/m0/s1. The number of aliphatic hydroxyl groups excluding tert-OH is 3. The van der Waals surface area contributed by atoms with Gasteiger partial charge in [-0.2, -0.15) is 0 Å². The van der Waals surface area contributed by atoms with Gasteiger partial charge in [0, 0.05) is 25.2 Å². The second-order valence-electron chi connectivity index (χ2n) is 10.8. The minimum Gasteiger partial charge on any atom is -0.496 e. The van der Waals surface area contributed by atoms with Crippen molar-refractivity contribution < 1.29 is 49.0 Å². The van der Waals surface area contributed by atoms with Gasteiger partial charge in [0.2, 0.25) is 6.29 Å². The van der Waals surface area contributed by atoms with Crippen molar-refractivity contribution in [2.45, 2.75) is 64.1 Å². The third-order valence-corrected chi connectivity index (χ3v) is 7.54. The number of aryl methyl sites for hydroxylation is 1. The summed E-state index contributed by atoms with van der Waals surface area (Å²) in [5.74, 6) is -1.92. The van der Waals surface area contributed by atoms with Gasteiger partial charge in [-0.3, -0.25) is 4.79 Å². The molecule has 5 atom stereocenters. The second kappa shape index (κ2) is 15.0. The number of aliphatic carboxylic acids is 1. The van der Waals surface area contributed by atoms with E-state index >= 15 is 0 Å². The Hall–Kier alpha value is -4.49. The van der Waals surface area contributed by atoms with E-state index < -0.39 is 42.6 Å². The first-order chi connectivity index (χ1) is 21.5. The molecular formula is C33H38N2O10. The van der Waals surface area contributed by atoms with Crippen molar-refractivity contribution in [3.8, 4) is 16.9 Å². The normalized spacial score (nSPS) is 21.1. The van der Waals surface area contributed by atoms with Crippen LogP contribution >= 0.6 is 0 Å². The van der Waals surface area contributed by atoms with Crippen LogP contribution in [-0.4, -0.2) is 87.7 Å². The SMILES string of the molecule is CCN(Cc1cc(C)ccc1-c1cc(CC(=O)O[C@@H]2O[C@H](C(=O)O)[C@@H](O)[C@H](O)[C@H]2O)ccc1OC)C(=O)NCc1ccccc1. The van der Waals surface area contributed by atoms with Gasteiger partial charge >= 0.3 is 18.0 Å². The van der Waals surface area contributed by atoms with Gasteiger partial charge in [-0.1, -0.05) is 60.2 Å². The summed E-state index contributed by atoms with van der Waals surface area (Å²) in [6, 6.07) is 20.3. The number of carbonyl (C=O) groups excluding carboxylic acids is 2. The summed E-state index contributed by atoms with van der Waals surface area (Å²) >= 11 is 0. The second-order valence-corrected chi connectivity index (χ2v) is 10.8. The predicted octanol–water partition coefficient (Wildman–Crippen LogP) is 2.38. The molecule has 1 heterocycles. The third-order valence-electron chi connectivity index (χ3n) is 7.54. The van der Waals surface area contributed by atoms with Crippen LogP contribution in [0.25, 0.3) is 11.1 Å². The average Bonchev–Trinajstić information content (AvgIpc) is 3.03. The number of methoxy groups -OCH3 is 1. The highest BCUT2D eigenvalue weighted by atomic mass is 16.7. The fraction of sp³-hybridized carbons (Fsp3) is 0.364. The van der Waals surface area contributed by atoms with Crippen molar-refractivity contribution in [1.82, 2.24) is 10.2 Å². The average molecular weight is 623 g/mol. The highest BCUT2D eigenvalue weighted by Gasteiger charge is 2.48. The molecule has 12 heteroatoms. The minimum atomic E-state index is -1.90. The summed E-state index contributed by atoms with van der Waals surface area (Å²) in [5.41, 5.74) is 4.79. The lowest BCUT2D eigenvalue weighted by Gasteiger charge is -2.37. The van der Waals surface area contributed by atoms with Crippen molar-refractivity contribution in [2.75, 3.05) is 13.7 Å². The molecular weight excluding hydrogens is 584 g/mol. The number of carboxylic acids is 1. The Kier molecular flexibility index (Phi) is 11.1. The van der Waals surface area contributed by atoms with E-state index in [1.807, 2.05) is 62.4 Å². The topological polar surface area (TPSA) is 175 Å². The zero-order valence-corrected chi connectivity index (χ0v) is 25.3. The first-order valence-electron chi connectivity index (χ1n) is 14.5. The molecule has 0 spiro atoms. The van der Waals surface area contributed by atoms with E-state index in [1.165, 1.54) is 7.11 Å². The summed E-state index contributed by atoms with van der Waals surface area (Å²) in [7, 11) is 1.52. The van der Waals surface area contributed by atoms with Crippen molar-refractivity contribution >= 4 is 18.0 Å². The van der Waals surface area contributed by atoms with Crippen LogP contribution in [0.1, 0.15) is 29.2 Å². The van der Waals surface area contributed by atoms with Gasteiger partial charge in [0.15, 0.2) is 6.10 Å². The molecule has 5 N–H and O–H groups in total. The van der Waals surface area contributed by atoms with Gasteiger partial charge < -0.3 is 44.9 Å². The maximum absolute atomic E-state index is 13.1. The highest BCUT2D eigenvalue weighted by molar-refractivity contribution is 5.79. The van der Waals surface area contributed by atoms with Gasteiger partial charge in [0.05, 0.1) is 13.5 Å². The zero-order chi connectivity index (χ0) is 32.7. The van der Waals surface area contributed by atoms with Crippen molar-refractivity contribution in [3.05, 3.63) is 89.0 Å². The summed E-state index contributed by atoms with van der Waals surface area (Å²) < 4.78 is 15.9. The van der Waals surface area contributed by atoms with Crippen LogP contribution < -0.4 is 10.1 Å². The number of hydrogen-bond donors (Lipinski definition) is 5. The Bertz CT molecular complexity index is 1500. The van der Waals surface area contributed by atoms with Gasteiger partial charge in [0.25, 0.3) is 0 Å². The molecule has 240 valence electrons. The molecule has 45 heavy (non-hydrogen) atoms. The molecule has 0 aliphatic carbocycles. The van der Waals surface area contributed by atoms with Crippen LogP contribution in [-0.2, 0) is 38.6 Å². The number of esters is 1. The number of nitrogens with one attached hydrogen (secondary N) is 1. The van der Waals surface area contributed by atoms with E-state index in [0.29, 0.717) is 36.5 Å². The lowest BCUT2D eigenvalue weighted by molar-refractivity contribution is -0.286. The van der Waals surface area contributed by atoms with E-state index in [9.17, 15) is 34.8 Å². The fourth-order valence-corrected chi connectivity index (χ4v) is 5.10. The van der Waals surface area contributed by atoms with Gasteiger partial charge in [-0.05, 0) is 48.2 Å². The van der Waals surface area contributed by atoms with E-state index in [1.54, 1.807) is 23.1 Å². The summed E-state index contributed by atoms with van der Waals surface area (Å²) in [4.78, 5) is 39.0. The molecule has 1 aliphatic heterocycles. The van der Waals surface area contributed by atoms with Crippen molar-refractivity contribution in [3.63, 3.8) is 0 Å². The number of amides is 2. The first-order valence-corrected chi connectivity index (χ1v) is 14.5. The van der Waals surface area contributed by atoms with Crippen molar-refractivity contribution in [2.24, 2.45) is 0 Å².